The number of nitrogens with zero attached hydrogens (tertiary/aromatic N) is 1. The maximum absolute atomic E-state index is 12.1. The molecular weight excluding hydrogens is 356 g/mol. The Labute approximate surface area is 155 Å². The van der Waals surface area contributed by atoms with E-state index in [1.54, 1.807) is 33.1 Å². The summed E-state index contributed by atoms with van der Waals surface area (Å²) < 4.78 is 10.4. The molecule has 0 aliphatic heterocycles. The molecule has 0 unspecified atom stereocenters. The number of ether oxygens (including phenoxy) is 1. The molecule has 0 aliphatic carbocycles. The minimum absolute atomic E-state index is 0.0144. The Morgan fingerprint density at radius 2 is 2.12 bits per heavy atom. The van der Waals surface area contributed by atoms with E-state index in [1.165, 1.54) is 18.0 Å². The largest absolute Gasteiger partial charge is 0.496 e. The van der Waals surface area contributed by atoms with Crippen LogP contribution >= 0.6 is 11.8 Å². The molecule has 7 nitrogen and oxygen atoms in total. The first kappa shape index (κ1) is 19.6. The molecule has 0 radical (unpaired) electrons. The highest BCUT2D eigenvalue weighted by Gasteiger charge is 2.11. The fourth-order valence-corrected chi connectivity index (χ4v) is 2.97. The maximum Gasteiger partial charge on any atom is 0.313 e. The molecule has 1 heterocycles. The van der Waals surface area contributed by atoms with Gasteiger partial charge in [-0.25, -0.2) is 5.43 Å². The van der Waals surface area contributed by atoms with E-state index in [4.69, 9.17) is 14.3 Å². The third-order valence-electron chi connectivity index (χ3n) is 3.61. The molecule has 1 aromatic carbocycles. The molecule has 138 valence electrons. The Morgan fingerprint density at radius 3 is 2.73 bits per heavy atom. The van der Waals surface area contributed by atoms with Gasteiger partial charge in [0.05, 0.1) is 30.4 Å². The number of aliphatic carboxylic acids is 1. The van der Waals surface area contributed by atoms with E-state index in [9.17, 15) is 9.59 Å². The van der Waals surface area contributed by atoms with Crippen LogP contribution in [0.25, 0.3) is 0 Å². The highest BCUT2D eigenvalue weighted by molar-refractivity contribution is 7.99. The highest BCUT2D eigenvalue weighted by Crippen LogP contribution is 2.25. The molecule has 26 heavy (non-hydrogen) atoms. The second-order valence-electron chi connectivity index (χ2n) is 5.44. The SMILES string of the molecule is COc1ccc(/C(C)=N\NC(=O)c2ccoc2C)cc1CSCC(=O)O. The quantitative estimate of drug-likeness (QED) is 0.542. The van der Waals surface area contributed by atoms with E-state index in [-0.39, 0.29) is 11.7 Å². The molecule has 1 aromatic heterocycles. The standard InChI is InChI=1S/C18H20N2O5S/c1-11(19-20-18(23)15-6-7-25-12(15)2)13-4-5-16(24-3)14(8-13)9-26-10-17(21)22/h4-8H,9-10H2,1-3H3,(H,20,23)(H,21,22)/b19-11-. The predicted octanol–water partition coefficient (Wildman–Crippen LogP) is 3.07. The molecular formula is C18H20N2O5S. The van der Waals surface area contributed by atoms with Crippen molar-refractivity contribution in [1.82, 2.24) is 5.43 Å². The number of rotatable bonds is 8. The molecule has 2 aromatic rings. The number of carbonyl (C=O) groups is 2. The van der Waals surface area contributed by atoms with Crippen LogP contribution in [0.15, 0.2) is 40.0 Å². The van der Waals surface area contributed by atoms with Crippen molar-refractivity contribution in [2.75, 3.05) is 12.9 Å². The van der Waals surface area contributed by atoms with Crippen LogP contribution in [-0.4, -0.2) is 35.6 Å². The number of thioether (sulfide) groups is 1. The average molecular weight is 376 g/mol. The van der Waals surface area contributed by atoms with E-state index in [2.05, 4.69) is 10.5 Å². The Bertz CT molecular complexity index is 829. The number of benzene rings is 1. The third-order valence-corrected chi connectivity index (χ3v) is 4.58. The number of furan rings is 1. The zero-order chi connectivity index (χ0) is 19.1. The van der Waals surface area contributed by atoms with E-state index in [0.29, 0.717) is 28.5 Å². The van der Waals surface area contributed by atoms with Crippen molar-refractivity contribution in [1.29, 1.82) is 0 Å². The van der Waals surface area contributed by atoms with Crippen molar-refractivity contribution in [2.45, 2.75) is 19.6 Å². The van der Waals surface area contributed by atoms with Crippen molar-refractivity contribution in [3.05, 3.63) is 53.0 Å². The van der Waals surface area contributed by atoms with Gasteiger partial charge in [-0.3, -0.25) is 9.59 Å². The van der Waals surface area contributed by atoms with Crippen LogP contribution in [0.4, 0.5) is 0 Å². The van der Waals surface area contributed by atoms with Crippen LogP contribution in [0, 0.1) is 6.92 Å². The fraction of sp³-hybridized carbons (Fsp3) is 0.278. The van der Waals surface area contributed by atoms with Crippen LogP contribution in [0.5, 0.6) is 5.75 Å². The van der Waals surface area contributed by atoms with Gasteiger partial charge < -0.3 is 14.3 Å². The topological polar surface area (TPSA) is 101 Å². The minimum Gasteiger partial charge on any atom is -0.496 e. The number of aryl methyl sites for hydroxylation is 1. The number of hydrogen-bond donors (Lipinski definition) is 2. The first-order chi connectivity index (χ1) is 12.4. The lowest BCUT2D eigenvalue weighted by Crippen LogP contribution is -2.19. The summed E-state index contributed by atoms with van der Waals surface area (Å²) in [5.41, 5.74) is 5.23. The van der Waals surface area contributed by atoms with Gasteiger partial charge in [0.2, 0.25) is 0 Å². The molecule has 2 N–H and O–H groups in total. The second-order valence-corrected chi connectivity index (χ2v) is 6.43. The molecule has 0 aliphatic rings. The highest BCUT2D eigenvalue weighted by atomic mass is 32.2. The lowest BCUT2D eigenvalue weighted by Gasteiger charge is -2.10. The third kappa shape index (κ3) is 5.13. The van der Waals surface area contributed by atoms with E-state index in [1.807, 2.05) is 12.1 Å². The molecule has 8 heteroatoms. The van der Waals surface area contributed by atoms with Crippen LogP contribution in [0.1, 0.15) is 34.2 Å². The summed E-state index contributed by atoms with van der Waals surface area (Å²) in [6.07, 6.45) is 1.45. The van der Waals surface area contributed by atoms with Crippen LogP contribution in [0.3, 0.4) is 0 Å². The van der Waals surface area contributed by atoms with Gasteiger partial charge in [-0.15, -0.1) is 11.8 Å². The molecule has 2 rings (SSSR count). The number of carboxylic acids is 1. The molecule has 0 atom stereocenters. The van der Waals surface area contributed by atoms with Crippen LogP contribution in [-0.2, 0) is 10.5 Å². The summed E-state index contributed by atoms with van der Waals surface area (Å²) in [5.74, 6) is 0.508. The Morgan fingerprint density at radius 1 is 1.35 bits per heavy atom. The zero-order valence-corrected chi connectivity index (χ0v) is 15.6. The van der Waals surface area contributed by atoms with Gasteiger partial charge in [-0.05, 0) is 43.7 Å². The molecule has 1 amide bonds. The molecule has 0 saturated carbocycles. The van der Waals surface area contributed by atoms with Gasteiger partial charge in [0.1, 0.15) is 11.5 Å². The second kappa shape index (κ2) is 9.10. The summed E-state index contributed by atoms with van der Waals surface area (Å²) >= 11 is 1.28. The normalized spacial score (nSPS) is 11.3. The van der Waals surface area contributed by atoms with Crippen molar-refractivity contribution >= 4 is 29.4 Å². The monoisotopic (exact) mass is 376 g/mol. The van der Waals surface area contributed by atoms with Crippen molar-refractivity contribution in [2.24, 2.45) is 5.10 Å². The first-order valence-electron chi connectivity index (χ1n) is 7.78. The molecule has 0 bridgehead atoms. The van der Waals surface area contributed by atoms with Crippen LogP contribution in [0.2, 0.25) is 0 Å². The summed E-state index contributed by atoms with van der Waals surface area (Å²) in [5, 5.41) is 12.9. The zero-order valence-electron chi connectivity index (χ0n) is 14.7. The summed E-state index contributed by atoms with van der Waals surface area (Å²) in [7, 11) is 1.56. The van der Waals surface area contributed by atoms with Gasteiger partial charge in [0, 0.05) is 11.3 Å². The summed E-state index contributed by atoms with van der Waals surface area (Å²) in [4.78, 5) is 22.7. The van der Waals surface area contributed by atoms with Crippen molar-refractivity contribution < 1.29 is 23.8 Å². The van der Waals surface area contributed by atoms with E-state index < -0.39 is 5.97 Å². The average Bonchev–Trinajstić information content (AvgIpc) is 3.05. The molecule has 0 saturated heterocycles. The minimum atomic E-state index is -0.861. The Balaban J connectivity index is 2.12. The smallest absolute Gasteiger partial charge is 0.313 e. The predicted molar refractivity (Wildman–Crippen MR) is 99.9 cm³/mol. The van der Waals surface area contributed by atoms with Gasteiger partial charge >= 0.3 is 5.97 Å². The Kier molecular flexibility index (Phi) is 6.85. The van der Waals surface area contributed by atoms with Gasteiger partial charge in [0.25, 0.3) is 5.91 Å². The molecule has 0 spiro atoms. The summed E-state index contributed by atoms with van der Waals surface area (Å²) in [6.45, 7) is 3.48. The number of methoxy groups -OCH3 is 1. The lowest BCUT2D eigenvalue weighted by molar-refractivity contribution is -0.133. The van der Waals surface area contributed by atoms with E-state index in [0.717, 1.165) is 11.1 Å². The number of nitrogens with one attached hydrogen (secondary N) is 1. The summed E-state index contributed by atoms with van der Waals surface area (Å²) in [6, 6.07) is 7.09. The molecule has 0 fully saturated rings. The first-order valence-corrected chi connectivity index (χ1v) is 8.93. The van der Waals surface area contributed by atoms with E-state index >= 15 is 0 Å². The van der Waals surface area contributed by atoms with Crippen molar-refractivity contribution in [3.63, 3.8) is 0 Å². The number of carbonyl (C=O) groups excluding carboxylic acids is 1. The maximum atomic E-state index is 12.1. The number of amides is 1. The number of hydrogen-bond acceptors (Lipinski definition) is 6. The van der Waals surface area contributed by atoms with Gasteiger partial charge in [-0.1, -0.05) is 0 Å². The fourth-order valence-electron chi connectivity index (χ4n) is 2.24. The van der Waals surface area contributed by atoms with Gasteiger partial charge in [0.15, 0.2) is 0 Å². The number of hydrazone groups is 1. The Hall–Kier alpha value is -2.74. The van der Waals surface area contributed by atoms with Crippen LogP contribution < -0.4 is 10.2 Å². The van der Waals surface area contributed by atoms with Crippen molar-refractivity contribution in [3.8, 4) is 5.75 Å². The van der Waals surface area contributed by atoms with Gasteiger partial charge in [-0.2, -0.15) is 5.10 Å². The number of carboxylic acid groups (broad SMARTS) is 1. The lowest BCUT2D eigenvalue weighted by atomic mass is 10.1.